The Labute approximate surface area is 291 Å². The Kier molecular flexibility index (Phi) is 5.83. The lowest BCUT2D eigenvalue weighted by atomic mass is 9.93. The second-order valence-electron chi connectivity index (χ2n) is 12.9. The third-order valence-corrected chi connectivity index (χ3v) is 11.4. The molecular formula is C46H27N3S. The molecular weight excluding hydrogens is 627 g/mol. The second-order valence-corrected chi connectivity index (χ2v) is 14.0. The first kappa shape index (κ1) is 27.6. The molecule has 0 N–H and O–H groups in total. The lowest BCUT2D eigenvalue weighted by Crippen LogP contribution is -1.96. The van der Waals surface area contributed by atoms with Crippen molar-refractivity contribution in [3.05, 3.63) is 164 Å². The first-order valence-corrected chi connectivity index (χ1v) is 17.7. The maximum absolute atomic E-state index is 5.37. The highest BCUT2D eigenvalue weighted by molar-refractivity contribution is 7.26. The molecule has 4 heteroatoms. The monoisotopic (exact) mass is 653 g/mol. The van der Waals surface area contributed by atoms with Crippen molar-refractivity contribution < 1.29 is 0 Å². The van der Waals surface area contributed by atoms with Crippen LogP contribution in [-0.4, -0.2) is 14.5 Å². The van der Waals surface area contributed by atoms with Gasteiger partial charge in [-0.2, -0.15) is 0 Å². The fourth-order valence-corrected chi connectivity index (χ4v) is 9.08. The zero-order valence-electron chi connectivity index (χ0n) is 26.8. The van der Waals surface area contributed by atoms with Gasteiger partial charge in [-0.1, -0.05) is 115 Å². The van der Waals surface area contributed by atoms with E-state index in [4.69, 9.17) is 9.97 Å². The Morgan fingerprint density at radius 1 is 0.400 bits per heavy atom. The summed E-state index contributed by atoms with van der Waals surface area (Å²) in [5.74, 6) is 0.730. The molecule has 0 spiro atoms. The van der Waals surface area contributed by atoms with Crippen LogP contribution in [0, 0.1) is 0 Å². The van der Waals surface area contributed by atoms with Crippen LogP contribution in [0.15, 0.2) is 164 Å². The molecule has 0 aliphatic rings. The summed E-state index contributed by atoms with van der Waals surface area (Å²) < 4.78 is 4.68. The largest absolute Gasteiger partial charge is 0.309 e. The van der Waals surface area contributed by atoms with E-state index in [1.807, 2.05) is 0 Å². The summed E-state index contributed by atoms with van der Waals surface area (Å²) in [7, 11) is 0. The van der Waals surface area contributed by atoms with Gasteiger partial charge in [0.25, 0.3) is 0 Å². The lowest BCUT2D eigenvalue weighted by molar-refractivity contribution is 1.17. The van der Waals surface area contributed by atoms with Crippen molar-refractivity contribution in [1.82, 2.24) is 14.5 Å². The molecule has 0 amide bonds. The molecule has 0 saturated carbocycles. The van der Waals surface area contributed by atoms with Crippen molar-refractivity contribution in [3.8, 4) is 28.3 Å². The highest BCUT2D eigenvalue weighted by Gasteiger charge is 2.19. The molecule has 0 unspecified atom stereocenters. The molecule has 0 aliphatic carbocycles. The van der Waals surface area contributed by atoms with E-state index in [2.05, 4.69) is 168 Å². The van der Waals surface area contributed by atoms with E-state index >= 15 is 0 Å². The second kappa shape index (κ2) is 10.6. The standard InChI is InChI=1S/C46H27N3S/c1-2-13-33-31(11-1)32-12-3-4-14-34(32)39-27-29(23-26-35(33)39)43-45-44(38-17-7-10-20-42(38)50-45)48-46(47-43)28-21-24-30(25-22-28)49-40-18-8-5-15-36(40)37-16-6-9-19-41(37)49/h1-27H. The number of nitrogens with zero attached hydrogens (tertiary/aromatic N) is 3. The van der Waals surface area contributed by atoms with Gasteiger partial charge in [0.15, 0.2) is 5.82 Å². The Morgan fingerprint density at radius 2 is 0.900 bits per heavy atom. The van der Waals surface area contributed by atoms with E-state index in [1.54, 1.807) is 11.3 Å². The minimum atomic E-state index is 0.730. The van der Waals surface area contributed by atoms with Crippen LogP contribution < -0.4 is 0 Å². The number of thiophene rings is 1. The van der Waals surface area contributed by atoms with E-state index in [9.17, 15) is 0 Å². The fraction of sp³-hybridized carbons (Fsp3) is 0. The molecule has 0 atom stereocenters. The van der Waals surface area contributed by atoms with Crippen LogP contribution in [0.3, 0.4) is 0 Å². The quantitative estimate of drug-likeness (QED) is 0.178. The Morgan fingerprint density at radius 3 is 1.54 bits per heavy atom. The van der Waals surface area contributed by atoms with Crippen molar-refractivity contribution in [1.29, 1.82) is 0 Å². The average molecular weight is 654 g/mol. The van der Waals surface area contributed by atoms with Crippen LogP contribution >= 0.6 is 11.3 Å². The molecule has 0 radical (unpaired) electrons. The normalized spacial score (nSPS) is 12.0. The summed E-state index contributed by atoms with van der Waals surface area (Å²) in [5, 5.41) is 11.2. The maximum Gasteiger partial charge on any atom is 0.160 e. The van der Waals surface area contributed by atoms with Gasteiger partial charge in [-0.25, -0.2) is 9.97 Å². The van der Waals surface area contributed by atoms with Gasteiger partial charge in [-0.05, 0) is 80.8 Å². The summed E-state index contributed by atoms with van der Waals surface area (Å²) in [6, 6.07) is 58.9. The molecule has 3 aromatic heterocycles. The van der Waals surface area contributed by atoms with Crippen LogP contribution in [0.4, 0.5) is 0 Å². The predicted octanol–water partition coefficient (Wildman–Crippen LogP) is 12.7. The molecule has 50 heavy (non-hydrogen) atoms. The zero-order chi connectivity index (χ0) is 32.8. The van der Waals surface area contributed by atoms with Gasteiger partial charge in [0, 0.05) is 37.7 Å². The maximum atomic E-state index is 5.37. The number of rotatable bonds is 3. The van der Waals surface area contributed by atoms with Gasteiger partial charge in [-0.3, -0.25) is 0 Å². The molecule has 232 valence electrons. The number of hydrogen-bond donors (Lipinski definition) is 0. The smallest absolute Gasteiger partial charge is 0.160 e. The molecule has 0 fully saturated rings. The van der Waals surface area contributed by atoms with Crippen LogP contribution in [0.1, 0.15) is 0 Å². The minimum absolute atomic E-state index is 0.730. The van der Waals surface area contributed by atoms with E-state index in [1.165, 1.54) is 58.8 Å². The average Bonchev–Trinajstić information content (AvgIpc) is 3.73. The predicted molar refractivity (Wildman–Crippen MR) is 213 cm³/mol. The van der Waals surface area contributed by atoms with Crippen LogP contribution in [0.5, 0.6) is 0 Å². The first-order chi connectivity index (χ1) is 24.8. The summed E-state index contributed by atoms with van der Waals surface area (Å²) in [4.78, 5) is 10.6. The molecule has 0 saturated heterocycles. The molecule has 3 heterocycles. The van der Waals surface area contributed by atoms with E-state index in [0.29, 0.717) is 0 Å². The number of aromatic nitrogens is 3. The van der Waals surface area contributed by atoms with Crippen LogP contribution in [-0.2, 0) is 0 Å². The summed E-state index contributed by atoms with van der Waals surface area (Å²) >= 11 is 1.77. The molecule has 0 aliphatic heterocycles. The number of para-hydroxylation sites is 2. The van der Waals surface area contributed by atoms with Crippen LogP contribution in [0.2, 0.25) is 0 Å². The van der Waals surface area contributed by atoms with Crippen molar-refractivity contribution in [2.24, 2.45) is 0 Å². The third-order valence-electron chi connectivity index (χ3n) is 10.2. The van der Waals surface area contributed by atoms with Crippen LogP contribution in [0.25, 0.3) is 103 Å². The highest BCUT2D eigenvalue weighted by Crippen LogP contribution is 2.42. The van der Waals surface area contributed by atoms with Crippen molar-refractivity contribution in [3.63, 3.8) is 0 Å². The summed E-state index contributed by atoms with van der Waals surface area (Å²) in [6.45, 7) is 0. The number of hydrogen-bond acceptors (Lipinski definition) is 3. The van der Waals surface area contributed by atoms with E-state index in [-0.39, 0.29) is 0 Å². The molecule has 8 aromatic carbocycles. The Hall–Kier alpha value is -6.36. The minimum Gasteiger partial charge on any atom is -0.309 e. The zero-order valence-corrected chi connectivity index (χ0v) is 27.7. The summed E-state index contributed by atoms with van der Waals surface area (Å²) in [5.41, 5.74) is 7.56. The highest BCUT2D eigenvalue weighted by atomic mass is 32.1. The third kappa shape index (κ3) is 3.97. The van der Waals surface area contributed by atoms with E-state index < -0.39 is 0 Å². The summed E-state index contributed by atoms with van der Waals surface area (Å²) in [6.07, 6.45) is 0. The fourth-order valence-electron chi connectivity index (χ4n) is 7.93. The topological polar surface area (TPSA) is 30.7 Å². The SMILES string of the molecule is c1ccc2c(c1)sc1c(-c3ccc4c5ccccc5c5ccccc5c4c3)nc(-c3ccc(-n4c5ccccc5c5ccccc54)cc3)nc12. The molecule has 0 bridgehead atoms. The van der Waals surface area contributed by atoms with Gasteiger partial charge >= 0.3 is 0 Å². The Balaban J connectivity index is 1.13. The molecule has 11 aromatic rings. The van der Waals surface area contributed by atoms with Gasteiger partial charge in [-0.15, -0.1) is 11.3 Å². The van der Waals surface area contributed by atoms with Gasteiger partial charge in [0.1, 0.15) is 0 Å². The molecule has 11 rings (SSSR count). The van der Waals surface area contributed by atoms with Crippen molar-refractivity contribution >= 4 is 85.8 Å². The van der Waals surface area contributed by atoms with Gasteiger partial charge < -0.3 is 4.57 Å². The van der Waals surface area contributed by atoms with Gasteiger partial charge in [0.2, 0.25) is 0 Å². The molecule has 3 nitrogen and oxygen atoms in total. The number of fused-ring (bicyclic) bond motifs is 12. The lowest BCUT2D eigenvalue weighted by Gasteiger charge is -2.13. The first-order valence-electron chi connectivity index (χ1n) is 16.9. The Bertz CT molecular complexity index is 3060. The van der Waals surface area contributed by atoms with Crippen molar-refractivity contribution in [2.75, 3.05) is 0 Å². The van der Waals surface area contributed by atoms with Gasteiger partial charge in [0.05, 0.1) is 26.9 Å². The van der Waals surface area contributed by atoms with Crippen molar-refractivity contribution in [2.45, 2.75) is 0 Å². The number of benzene rings is 8. The van der Waals surface area contributed by atoms with E-state index in [0.717, 1.165) is 43.9 Å².